The maximum Gasteiger partial charge on any atom is 0.270 e. The summed E-state index contributed by atoms with van der Waals surface area (Å²) in [5.74, 6) is 0.0584. The highest BCUT2D eigenvalue weighted by molar-refractivity contribution is 9.10. The van der Waals surface area contributed by atoms with Crippen LogP contribution in [0.2, 0.25) is 0 Å². The van der Waals surface area contributed by atoms with Crippen LogP contribution >= 0.6 is 15.9 Å². The molecule has 1 aliphatic heterocycles. The Bertz CT molecular complexity index is 702. The molecule has 0 spiro atoms. The minimum Gasteiger partial charge on any atom is -0.350 e. The molecule has 6 heteroatoms. The molecule has 0 aliphatic carbocycles. The van der Waals surface area contributed by atoms with Gasteiger partial charge in [-0.2, -0.15) is 0 Å². The second-order valence-electron chi connectivity index (χ2n) is 5.21. The van der Waals surface area contributed by atoms with Crippen molar-refractivity contribution in [3.63, 3.8) is 0 Å². The summed E-state index contributed by atoms with van der Waals surface area (Å²) in [4.78, 5) is 30.5. The third-order valence-electron chi connectivity index (χ3n) is 3.83. The number of hydrogen-bond acceptors (Lipinski definition) is 2. The van der Waals surface area contributed by atoms with Crippen molar-refractivity contribution in [2.75, 3.05) is 26.2 Å². The van der Waals surface area contributed by atoms with Gasteiger partial charge < -0.3 is 14.8 Å². The van der Waals surface area contributed by atoms with E-state index in [4.69, 9.17) is 0 Å². The van der Waals surface area contributed by atoms with Crippen molar-refractivity contribution in [3.05, 3.63) is 34.4 Å². The highest BCUT2D eigenvalue weighted by atomic mass is 79.9. The zero-order valence-corrected chi connectivity index (χ0v) is 13.3. The van der Waals surface area contributed by atoms with E-state index in [-0.39, 0.29) is 11.8 Å². The second-order valence-corrected chi connectivity index (χ2v) is 6.13. The Hall–Kier alpha value is -1.82. The Morgan fingerprint density at radius 3 is 2.43 bits per heavy atom. The van der Waals surface area contributed by atoms with Crippen molar-refractivity contribution in [1.29, 1.82) is 0 Å². The number of H-pyrrole nitrogens is 1. The monoisotopic (exact) mass is 349 g/mol. The summed E-state index contributed by atoms with van der Waals surface area (Å²) < 4.78 is 0.978. The molecule has 1 N–H and O–H groups in total. The van der Waals surface area contributed by atoms with Gasteiger partial charge in [-0.1, -0.05) is 22.0 Å². The molecule has 1 fully saturated rings. The molecule has 2 aromatic rings. The molecule has 0 radical (unpaired) electrons. The van der Waals surface area contributed by atoms with E-state index in [9.17, 15) is 9.59 Å². The minimum atomic E-state index is -0.00877. The molecule has 1 aromatic carbocycles. The van der Waals surface area contributed by atoms with Gasteiger partial charge in [0, 0.05) is 48.5 Å². The zero-order valence-electron chi connectivity index (χ0n) is 11.7. The van der Waals surface area contributed by atoms with E-state index in [1.807, 2.05) is 24.3 Å². The Labute approximate surface area is 131 Å². The second kappa shape index (κ2) is 5.52. The molecule has 110 valence electrons. The largest absolute Gasteiger partial charge is 0.350 e. The van der Waals surface area contributed by atoms with Crippen LogP contribution in [0.3, 0.4) is 0 Å². The molecule has 1 aromatic heterocycles. The van der Waals surface area contributed by atoms with Gasteiger partial charge >= 0.3 is 0 Å². The fourth-order valence-corrected chi connectivity index (χ4v) is 2.97. The van der Waals surface area contributed by atoms with Crippen molar-refractivity contribution in [1.82, 2.24) is 14.8 Å². The number of nitrogens with one attached hydrogen (secondary N) is 1. The van der Waals surface area contributed by atoms with Gasteiger partial charge in [0.2, 0.25) is 5.91 Å². The summed E-state index contributed by atoms with van der Waals surface area (Å²) in [5.41, 5.74) is 1.54. The number of carbonyl (C=O) groups excluding carboxylic acids is 2. The zero-order chi connectivity index (χ0) is 15.0. The van der Waals surface area contributed by atoms with Crippen LogP contribution in [0.5, 0.6) is 0 Å². The lowest BCUT2D eigenvalue weighted by Gasteiger charge is -2.33. The standard InChI is InChI=1S/C15H16BrN3O2/c1-10(20)18-4-6-19(7-5-18)15(21)14-8-11-2-3-12(16)9-13(11)17-14/h2-3,8-9,17H,4-7H2,1H3. The summed E-state index contributed by atoms with van der Waals surface area (Å²) >= 11 is 3.42. The number of amides is 2. The summed E-state index contributed by atoms with van der Waals surface area (Å²) in [7, 11) is 0. The molecule has 3 rings (SSSR count). The Morgan fingerprint density at radius 2 is 1.76 bits per heavy atom. The topological polar surface area (TPSA) is 56.4 Å². The lowest BCUT2D eigenvalue weighted by molar-refractivity contribution is -0.130. The SMILES string of the molecule is CC(=O)N1CCN(C(=O)c2cc3ccc(Br)cc3[nH]2)CC1. The molecule has 1 aliphatic rings. The summed E-state index contributed by atoms with van der Waals surface area (Å²) in [5, 5.41) is 1.02. The van der Waals surface area contributed by atoms with E-state index >= 15 is 0 Å². The van der Waals surface area contributed by atoms with Crippen LogP contribution < -0.4 is 0 Å². The molecule has 2 amide bonds. The van der Waals surface area contributed by atoms with E-state index in [1.165, 1.54) is 0 Å². The molecule has 5 nitrogen and oxygen atoms in total. The Morgan fingerprint density at radius 1 is 1.10 bits per heavy atom. The van der Waals surface area contributed by atoms with Gasteiger partial charge in [-0.25, -0.2) is 0 Å². The minimum absolute atomic E-state index is 0.00877. The first-order valence-electron chi connectivity index (χ1n) is 6.87. The van der Waals surface area contributed by atoms with Gasteiger partial charge in [-0.15, -0.1) is 0 Å². The van der Waals surface area contributed by atoms with Crippen LogP contribution in [0.4, 0.5) is 0 Å². The van der Waals surface area contributed by atoms with Crippen molar-refractivity contribution in [2.45, 2.75) is 6.92 Å². The fourth-order valence-electron chi connectivity index (χ4n) is 2.61. The van der Waals surface area contributed by atoms with Crippen LogP contribution in [-0.4, -0.2) is 52.8 Å². The first-order valence-corrected chi connectivity index (χ1v) is 7.67. The third kappa shape index (κ3) is 2.81. The van der Waals surface area contributed by atoms with E-state index < -0.39 is 0 Å². The molecule has 2 heterocycles. The normalized spacial score (nSPS) is 15.5. The van der Waals surface area contributed by atoms with Crippen molar-refractivity contribution in [3.8, 4) is 0 Å². The first-order chi connectivity index (χ1) is 10.0. The highest BCUT2D eigenvalue weighted by Crippen LogP contribution is 2.21. The molecular formula is C15H16BrN3O2. The summed E-state index contributed by atoms with van der Waals surface area (Å²) in [6.07, 6.45) is 0. The lowest BCUT2D eigenvalue weighted by Crippen LogP contribution is -2.50. The third-order valence-corrected chi connectivity index (χ3v) is 4.32. The molecule has 0 unspecified atom stereocenters. The molecule has 21 heavy (non-hydrogen) atoms. The fraction of sp³-hybridized carbons (Fsp3) is 0.333. The molecule has 0 bridgehead atoms. The van der Waals surface area contributed by atoms with E-state index in [0.29, 0.717) is 31.9 Å². The first kappa shape index (κ1) is 14.1. The molecule has 1 saturated heterocycles. The van der Waals surface area contributed by atoms with Gasteiger partial charge in [-0.3, -0.25) is 9.59 Å². The average molecular weight is 350 g/mol. The molecule has 0 saturated carbocycles. The summed E-state index contributed by atoms with van der Waals surface area (Å²) in [6, 6.07) is 7.76. The number of benzene rings is 1. The van der Waals surface area contributed by atoms with Crippen LogP contribution in [0.1, 0.15) is 17.4 Å². The average Bonchev–Trinajstić information content (AvgIpc) is 2.89. The maximum absolute atomic E-state index is 12.5. The maximum atomic E-state index is 12.5. The van der Waals surface area contributed by atoms with Gasteiger partial charge in [0.1, 0.15) is 5.69 Å². The number of fused-ring (bicyclic) bond motifs is 1. The van der Waals surface area contributed by atoms with E-state index in [2.05, 4.69) is 20.9 Å². The molecule has 0 atom stereocenters. The van der Waals surface area contributed by atoms with Crippen LogP contribution in [0.25, 0.3) is 10.9 Å². The highest BCUT2D eigenvalue weighted by Gasteiger charge is 2.24. The smallest absolute Gasteiger partial charge is 0.270 e. The van der Waals surface area contributed by atoms with Gasteiger partial charge in [-0.05, 0) is 18.2 Å². The molecular weight excluding hydrogens is 334 g/mol. The Balaban J connectivity index is 1.76. The lowest BCUT2D eigenvalue weighted by atomic mass is 10.2. The number of hydrogen-bond donors (Lipinski definition) is 1. The van der Waals surface area contributed by atoms with Gasteiger partial charge in [0.05, 0.1) is 0 Å². The number of aromatic nitrogens is 1. The van der Waals surface area contributed by atoms with Crippen molar-refractivity contribution >= 4 is 38.6 Å². The van der Waals surface area contributed by atoms with Crippen LogP contribution in [-0.2, 0) is 4.79 Å². The van der Waals surface area contributed by atoms with E-state index in [0.717, 1.165) is 15.4 Å². The van der Waals surface area contributed by atoms with Gasteiger partial charge in [0.15, 0.2) is 0 Å². The predicted octanol–water partition coefficient (Wildman–Crippen LogP) is 2.23. The number of nitrogens with zero attached hydrogens (tertiary/aromatic N) is 2. The predicted molar refractivity (Wildman–Crippen MR) is 84.2 cm³/mol. The summed E-state index contributed by atoms with van der Waals surface area (Å²) in [6.45, 7) is 3.93. The quantitative estimate of drug-likeness (QED) is 0.858. The number of rotatable bonds is 1. The number of halogens is 1. The number of piperazine rings is 1. The van der Waals surface area contributed by atoms with Crippen molar-refractivity contribution in [2.24, 2.45) is 0 Å². The van der Waals surface area contributed by atoms with E-state index in [1.54, 1.807) is 16.7 Å². The van der Waals surface area contributed by atoms with Crippen molar-refractivity contribution < 1.29 is 9.59 Å². The Kier molecular flexibility index (Phi) is 3.71. The van der Waals surface area contributed by atoms with Crippen LogP contribution in [0.15, 0.2) is 28.7 Å². The number of aromatic amines is 1. The van der Waals surface area contributed by atoms with Gasteiger partial charge in [0.25, 0.3) is 5.91 Å². The number of carbonyl (C=O) groups is 2. The van der Waals surface area contributed by atoms with Crippen LogP contribution in [0, 0.1) is 0 Å².